The lowest BCUT2D eigenvalue weighted by Gasteiger charge is -2.48. The summed E-state index contributed by atoms with van der Waals surface area (Å²) in [4.78, 5) is 10.0. The van der Waals surface area contributed by atoms with E-state index < -0.39 is 0 Å². The van der Waals surface area contributed by atoms with E-state index in [2.05, 4.69) is 274 Å². The summed E-state index contributed by atoms with van der Waals surface area (Å²) < 4.78 is 14.4. The van der Waals surface area contributed by atoms with Crippen molar-refractivity contribution >= 4 is 109 Å². The third-order valence-corrected chi connectivity index (χ3v) is 16.4. The molecule has 0 saturated carbocycles. The van der Waals surface area contributed by atoms with Crippen LogP contribution in [-0.4, -0.2) is 20.0 Å². The number of benzene rings is 11. The van der Waals surface area contributed by atoms with Crippen molar-refractivity contribution in [2.24, 2.45) is 0 Å². The molecule has 8 heteroatoms. The molecule has 5 aliphatic heterocycles. The first-order chi connectivity index (χ1) is 38.2. The van der Waals surface area contributed by atoms with Gasteiger partial charge in [-0.05, 0) is 136 Å². The predicted molar refractivity (Wildman–Crippen MR) is 320 cm³/mol. The second kappa shape index (κ2) is 17.5. The fourth-order valence-electron chi connectivity index (χ4n) is 13.3. The molecular weight excluding hydrogens is 938 g/mol. The Hall–Kier alpha value is -9.65. The maximum atomic E-state index is 7.27. The highest BCUT2D eigenvalue weighted by molar-refractivity contribution is 7.02. The fourth-order valence-corrected chi connectivity index (χ4v) is 13.3. The minimum absolute atomic E-state index is 0.0806. The van der Waals surface area contributed by atoms with Gasteiger partial charge in [0.15, 0.2) is 0 Å². The van der Waals surface area contributed by atoms with Crippen LogP contribution < -0.4 is 61.9 Å². The highest BCUT2D eigenvalue weighted by Crippen LogP contribution is 2.52. The summed E-state index contributed by atoms with van der Waals surface area (Å²) in [6.45, 7) is 0.661. The van der Waals surface area contributed by atoms with Crippen LogP contribution in [0.5, 0.6) is 23.0 Å². The van der Waals surface area contributed by atoms with Crippen molar-refractivity contribution in [3.63, 3.8) is 0 Å². The number of hydrogen-bond donors (Lipinski definition) is 0. The van der Waals surface area contributed by atoms with Crippen molar-refractivity contribution < 1.29 is 9.47 Å². The summed E-state index contributed by atoms with van der Waals surface area (Å²) in [5, 5.41) is 0. The Labute approximate surface area is 449 Å². The Morgan fingerprint density at radius 2 is 0.792 bits per heavy atom. The molecule has 11 aromatic carbocycles. The van der Waals surface area contributed by atoms with Crippen LogP contribution in [0, 0.1) is 0 Å². The zero-order chi connectivity index (χ0) is 50.6. The molecule has 16 rings (SSSR count). The molecule has 77 heavy (non-hydrogen) atoms. The van der Waals surface area contributed by atoms with Gasteiger partial charge in [-0.25, -0.2) is 0 Å². The van der Waals surface area contributed by atoms with Gasteiger partial charge in [-0.3, -0.25) is 0 Å². The number of fused-ring (bicyclic) bond motifs is 9. The molecule has 0 saturated heterocycles. The van der Waals surface area contributed by atoms with Crippen molar-refractivity contribution in [1.29, 1.82) is 0 Å². The van der Waals surface area contributed by atoms with E-state index in [4.69, 9.17) is 9.47 Å². The van der Waals surface area contributed by atoms with Gasteiger partial charge < -0.3 is 29.1 Å². The van der Waals surface area contributed by atoms with Gasteiger partial charge in [0, 0.05) is 69.7 Å². The lowest BCUT2D eigenvalue weighted by Crippen LogP contribution is -2.65. The normalized spacial score (nSPS) is 13.7. The van der Waals surface area contributed by atoms with Crippen LogP contribution in [0.1, 0.15) is 12.0 Å². The molecule has 0 unspecified atom stereocenters. The van der Waals surface area contributed by atoms with Crippen LogP contribution in [0.2, 0.25) is 0 Å². The molecule has 0 atom stereocenters. The summed E-state index contributed by atoms with van der Waals surface area (Å²) >= 11 is 0. The van der Waals surface area contributed by atoms with Crippen molar-refractivity contribution in [3.05, 3.63) is 260 Å². The zero-order valence-corrected chi connectivity index (χ0v) is 42.1. The molecule has 5 heterocycles. The van der Waals surface area contributed by atoms with Gasteiger partial charge in [0.25, 0.3) is 13.4 Å². The van der Waals surface area contributed by atoms with Crippen molar-refractivity contribution in [2.75, 3.05) is 26.1 Å². The number of rotatable bonds is 8. The summed E-state index contributed by atoms with van der Waals surface area (Å²) in [7, 11) is 0. The van der Waals surface area contributed by atoms with Gasteiger partial charge in [-0.15, -0.1) is 0 Å². The number of anilines is 11. The number of para-hydroxylation sites is 7. The van der Waals surface area contributed by atoms with Crippen molar-refractivity contribution in [1.82, 2.24) is 0 Å². The SMILES string of the molecule is c1ccc(-c2ccccc2N2c3cc(N(c4ccccc4)c4ccccc4)cc4c3B(c3ccccc3O4)c3cc4c5c(c32)CCCN5c2cc(N(c3ccccc3)c3ccccc3)cc3c2B4c2ccccc2O3)cc1. The Morgan fingerprint density at radius 1 is 0.351 bits per heavy atom. The molecular formula is C69H48B2N4O2. The minimum Gasteiger partial charge on any atom is -0.458 e. The predicted octanol–water partition coefficient (Wildman–Crippen LogP) is 13.7. The molecule has 362 valence electrons. The average molecular weight is 987 g/mol. The first kappa shape index (κ1) is 43.7. The van der Waals surface area contributed by atoms with Crippen LogP contribution in [0.15, 0.2) is 255 Å². The van der Waals surface area contributed by atoms with E-state index in [1.54, 1.807) is 0 Å². The fraction of sp³-hybridized carbons (Fsp3) is 0.0435. The van der Waals surface area contributed by atoms with Gasteiger partial charge in [0.05, 0.1) is 17.1 Å². The molecule has 5 aliphatic rings. The van der Waals surface area contributed by atoms with E-state index in [0.29, 0.717) is 0 Å². The standard InChI is InChI=1S/C69H48B2N4O2/c1-6-23-46(24-7-1)53-33-16-19-37-59(53)75-61-42-52(74(49-29-12-4-13-30-49)50-31-14-5-15-32-50)44-65-67(61)71(56-36-18-21-39-63(56)77-65)58-45-57-68-54(69(58)75)34-22-40-72(68)60-41-51(43-64-66(60)70(57)55-35-17-20-38-62(55)76-64)73(47-25-8-2-9-26-47)48-27-10-3-11-28-48/h1-21,23-33,35-39,41-45H,22,34,40H2. The first-order valence-corrected chi connectivity index (χ1v) is 26.9. The Morgan fingerprint density at radius 3 is 1.34 bits per heavy atom. The van der Waals surface area contributed by atoms with Gasteiger partial charge in [0.1, 0.15) is 23.0 Å². The van der Waals surface area contributed by atoms with Gasteiger partial charge in [0.2, 0.25) is 0 Å². The Balaban J connectivity index is 1.01. The van der Waals surface area contributed by atoms with Crippen LogP contribution in [0.4, 0.5) is 62.6 Å². The highest BCUT2D eigenvalue weighted by Gasteiger charge is 2.49. The third kappa shape index (κ3) is 6.78. The minimum atomic E-state index is -0.128. The van der Waals surface area contributed by atoms with Gasteiger partial charge in [-0.2, -0.15) is 0 Å². The molecule has 11 aromatic rings. The van der Waals surface area contributed by atoms with E-state index >= 15 is 0 Å². The molecule has 0 fully saturated rings. The maximum Gasteiger partial charge on any atom is 0.256 e. The molecule has 0 N–H and O–H groups in total. The Kier molecular flexibility index (Phi) is 9.92. The number of hydrogen-bond acceptors (Lipinski definition) is 6. The maximum absolute atomic E-state index is 7.27. The highest BCUT2D eigenvalue weighted by atomic mass is 16.5. The van der Waals surface area contributed by atoms with E-state index in [-0.39, 0.29) is 13.4 Å². The van der Waals surface area contributed by atoms with Gasteiger partial charge >= 0.3 is 0 Å². The number of ether oxygens (including phenoxy) is 2. The van der Waals surface area contributed by atoms with E-state index in [0.717, 1.165) is 99.0 Å². The lowest BCUT2D eigenvalue weighted by atomic mass is 9.30. The topological polar surface area (TPSA) is 31.4 Å². The molecule has 6 nitrogen and oxygen atoms in total. The molecule has 0 aromatic heterocycles. The van der Waals surface area contributed by atoms with Crippen molar-refractivity contribution in [2.45, 2.75) is 12.8 Å². The van der Waals surface area contributed by atoms with Crippen molar-refractivity contribution in [3.8, 4) is 34.1 Å². The molecule has 0 amide bonds. The monoisotopic (exact) mass is 986 g/mol. The average Bonchev–Trinajstić information content (AvgIpc) is 3.66. The van der Waals surface area contributed by atoms with E-state index in [1.165, 1.54) is 55.4 Å². The van der Waals surface area contributed by atoms with Crippen LogP contribution in [0.25, 0.3) is 11.1 Å². The number of nitrogens with zero attached hydrogens (tertiary/aromatic N) is 4. The first-order valence-electron chi connectivity index (χ1n) is 26.9. The second-order valence-electron chi connectivity index (χ2n) is 20.6. The van der Waals surface area contributed by atoms with E-state index in [9.17, 15) is 0 Å². The molecule has 0 spiro atoms. The van der Waals surface area contributed by atoms with Crippen LogP contribution >= 0.6 is 0 Å². The zero-order valence-electron chi connectivity index (χ0n) is 42.1. The van der Waals surface area contributed by atoms with E-state index in [1.807, 2.05) is 0 Å². The smallest absolute Gasteiger partial charge is 0.256 e. The summed E-state index contributed by atoms with van der Waals surface area (Å²) in [6, 6.07) is 92.3. The van der Waals surface area contributed by atoms with Crippen LogP contribution in [0.3, 0.4) is 0 Å². The quantitative estimate of drug-likeness (QED) is 0.141. The summed E-state index contributed by atoms with van der Waals surface area (Å²) in [6.07, 6.45) is 1.88. The largest absolute Gasteiger partial charge is 0.458 e. The molecule has 0 radical (unpaired) electrons. The molecule has 0 aliphatic carbocycles. The molecule has 0 bridgehead atoms. The van der Waals surface area contributed by atoms with Crippen LogP contribution in [-0.2, 0) is 6.42 Å². The summed E-state index contributed by atoms with van der Waals surface area (Å²) in [5.41, 5.74) is 23.4. The lowest BCUT2D eigenvalue weighted by molar-refractivity contribution is 0.487. The third-order valence-electron chi connectivity index (χ3n) is 16.4. The Bertz CT molecular complexity index is 4050. The second-order valence-corrected chi connectivity index (χ2v) is 20.6. The summed E-state index contributed by atoms with van der Waals surface area (Å²) in [5.74, 6) is 3.53. The van der Waals surface area contributed by atoms with Gasteiger partial charge in [-0.1, -0.05) is 164 Å².